The first kappa shape index (κ1) is 18.6. The highest BCUT2D eigenvalue weighted by atomic mass is 19.4. The largest absolute Gasteiger partial charge is 0.425 e. The van der Waals surface area contributed by atoms with E-state index in [1.165, 1.54) is 24.0 Å². The third-order valence-corrected chi connectivity index (χ3v) is 3.98. The third kappa shape index (κ3) is 3.70. The lowest BCUT2D eigenvalue weighted by Gasteiger charge is -2.29. The maximum atomic E-state index is 13.5. The number of amides is 1. The predicted octanol–water partition coefficient (Wildman–Crippen LogP) is 2.38. The minimum absolute atomic E-state index is 0.275. The van der Waals surface area contributed by atoms with Crippen LogP contribution in [0, 0.1) is 0 Å². The van der Waals surface area contributed by atoms with Crippen LogP contribution in [0.1, 0.15) is 12.2 Å². The molecule has 1 atom stereocenters. The number of hydrogen-bond acceptors (Lipinski definition) is 4. The fourth-order valence-corrected chi connectivity index (χ4v) is 2.66. The van der Waals surface area contributed by atoms with Gasteiger partial charge in [0.1, 0.15) is 0 Å². The van der Waals surface area contributed by atoms with E-state index in [9.17, 15) is 23.1 Å². The maximum absolute atomic E-state index is 13.5. The number of aromatic nitrogens is 4. The number of alkyl halides is 3. The molecule has 0 saturated heterocycles. The zero-order chi connectivity index (χ0) is 19.7. The molecule has 3 aromatic rings. The highest BCUT2D eigenvalue weighted by molar-refractivity contribution is 5.91. The molecule has 2 heterocycles. The van der Waals surface area contributed by atoms with E-state index in [1.807, 2.05) is 0 Å². The van der Waals surface area contributed by atoms with Crippen molar-refractivity contribution in [2.75, 3.05) is 5.32 Å². The van der Waals surface area contributed by atoms with E-state index >= 15 is 0 Å². The number of rotatable bonds is 5. The van der Waals surface area contributed by atoms with Crippen molar-refractivity contribution < 1.29 is 23.1 Å². The standard InChI is InChI=1S/C17H16F3N5O2/c1-24-9-7-21-15(24)16(27,17(18,19)20)11-14(26)23-12-4-2-5-13(10-12)25-8-3-6-22-25/h2-10,27H,11H2,1H3,(H,23,26)/t16-/m1/s1. The molecular weight excluding hydrogens is 363 g/mol. The van der Waals surface area contributed by atoms with Gasteiger partial charge in [-0.15, -0.1) is 0 Å². The summed E-state index contributed by atoms with van der Waals surface area (Å²) in [5.74, 6) is -1.66. The van der Waals surface area contributed by atoms with Gasteiger partial charge in [-0.05, 0) is 24.3 Å². The average Bonchev–Trinajstić information content (AvgIpc) is 3.25. The van der Waals surface area contributed by atoms with Crippen LogP contribution in [0.25, 0.3) is 5.69 Å². The number of aryl methyl sites for hydroxylation is 1. The molecule has 7 nitrogen and oxygen atoms in total. The van der Waals surface area contributed by atoms with Crippen LogP contribution >= 0.6 is 0 Å². The van der Waals surface area contributed by atoms with Crippen molar-refractivity contribution in [2.45, 2.75) is 18.2 Å². The number of hydrogen-bond donors (Lipinski definition) is 2. The zero-order valence-electron chi connectivity index (χ0n) is 14.2. The van der Waals surface area contributed by atoms with Gasteiger partial charge in [0.05, 0.1) is 12.1 Å². The summed E-state index contributed by atoms with van der Waals surface area (Å²) < 4.78 is 43.1. The van der Waals surface area contributed by atoms with Gasteiger partial charge in [0, 0.05) is 37.5 Å². The van der Waals surface area contributed by atoms with Gasteiger partial charge in [-0.1, -0.05) is 6.07 Å². The maximum Gasteiger partial charge on any atom is 0.425 e. The molecule has 10 heteroatoms. The van der Waals surface area contributed by atoms with E-state index in [2.05, 4.69) is 15.4 Å². The molecular formula is C17H16F3N5O2. The summed E-state index contributed by atoms with van der Waals surface area (Å²) in [7, 11) is 1.31. The molecule has 142 valence electrons. The molecule has 3 rings (SSSR count). The number of halogens is 3. The second kappa shape index (κ2) is 6.88. The number of imidazole rings is 1. The van der Waals surface area contributed by atoms with Crippen molar-refractivity contribution in [1.82, 2.24) is 19.3 Å². The van der Waals surface area contributed by atoms with E-state index in [0.29, 0.717) is 5.69 Å². The number of nitrogens with one attached hydrogen (secondary N) is 1. The summed E-state index contributed by atoms with van der Waals surface area (Å²) in [6.45, 7) is 0. The molecule has 2 N–H and O–H groups in total. The van der Waals surface area contributed by atoms with E-state index in [1.54, 1.807) is 36.7 Å². The van der Waals surface area contributed by atoms with Crippen molar-refractivity contribution in [1.29, 1.82) is 0 Å². The van der Waals surface area contributed by atoms with Crippen LogP contribution in [0.15, 0.2) is 55.1 Å². The Morgan fingerprint density at radius 1 is 1.22 bits per heavy atom. The first-order valence-electron chi connectivity index (χ1n) is 7.87. The van der Waals surface area contributed by atoms with Crippen LogP contribution in [0.2, 0.25) is 0 Å². The minimum atomic E-state index is -5.08. The highest BCUT2D eigenvalue weighted by Crippen LogP contribution is 2.40. The fraction of sp³-hybridized carbons (Fsp3) is 0.235. The molecule has 0 aliphatic rings. The molecule has 0 radical (unpaired) electrons. The van der Waals surface area contributed by atoms with Gasteiger partial charge in [0.25, 0.3) is 0 Å². The molecule has 1 aromatic carbocycles. The average molecular weight is 379 g/mol. The summed E-state index contributed by atoms with van der Waals surface area (Å²) in [5.41, 5.74) is -2.51. The molecule has 2 aromatic heterocycles. The summed E-state index contributed by atoms with van der Waals surface area (Å²) in [6.07, 6.45) is -0.672. The van der Waals surface area contributed by atoms with Crippen LogP contribution < -0.4 is 5.32 Å². The lowest BCUT2D eigenvalue weighted by Crippen LogP contribution is -2.46. The number of anilines is 1. The number of aliphatic hydroxyl groups is 1. The zero-order valence-corrected chi connectivity index (χ0v) is 14.2. The summed E-state index contributed by atoms with van der Waals surface area (Å²) >= 11 is 0. The van der Waals surface area contributed by atoms with Crippen molar-refractivity contribution in [3.05, 3.63) is 60.9 Å². The fourth-order valence-electron chi connectivity index (χ4n) is 2.66. The smallest absolute Gasteiger partial charge is 0.374 e. The van der Waals surface area contributed by atoms with Crippen molar-refractivity contribution >= 4 is 11.6 Å². The molecule has 0 spiro atoms. The van der Waals surface area contributed by atoms with Gasteiger partial charge in [-0.2, -0.15) is 18.3 Å². The van der Waals surface area contributed by atoms with Crippen LogP contribution in [0.5, 0.6) is 0 Å². The molecule has 0 aliphatic carbocycles. The first-order valence-corrected chi connectivity index (χ1v) is 7.87. The quantitative estimate of drug-likeness (QED) is 0.713. The van der Waals surface area contributed by atoms with Gasteiger partial charge in [-0.25, -0.2) is 9.67 Å². The number of benzene rings is 1. The summed E-state index contributed by atoms with van der Waals surface area (Å²) in [5, 5.41) is 16.7. The Balaban J connectivity index is 1.82. The van der Waals surface area contributed by atoms with Gasteiger partial charge < -0.3 is 15.0 Å². The summed E-state index contributed by atoms with van der Waals surface area (Å²) in [4.78, 5) is 15.8. The van der Waals surface area contributed by atoms with E-state index in [-0.39, 0.29) is 5.69 Å². The van der Waals surface area contributed by atoms with Gasteiger partial charge >= 0.3 is 6.18 Å². The lowest BCUT2D eigenvalue weighted by atomic mass is 9.97. The van der Waals surface area contributed by atoms with E-state index in [0.717, 1.165) is 10.8 Å². The SMILES string of the molecule is Cn1ccnc1[C@](O)(CC(=O)Nc1cccc(-n2cccn2)c1)C(F)(F)F. The number of carbonyl (C=O) groups is 1. The second-order valence-corrected chi connectivity index (χ2v) is 5.95. The van der Waals surface area contributed by atoms with Crippen LogP contribution in [-0.2, 0) is 17.4 Å². The Hall–Kier alpha value is -3.14. The number of nitrogens with zero attached hydrogens (tertiary/aromatic N) is 4. The first-order chi connectivity index (χ1) is 12.7. The normalized spacial score (nSPS) is 14.0. The monoisotopic (exact) mass is 379 g/mol. The Morgan fingerprint density at radius 2 is 2.00 bits per heavy atom. The van der Waals surface area contributed by atoms with Crippen molar-refractivity contribution in [3.8, 4) is 5.69 Å². The van der Waals surface area contributed by atoms with Crippen LogP contribution in [0.3, 0.4) is 0 Å². The lowest BCUT2D eigenvalue weighted by molar-refractivity contribution is -0.270. The molecule has 27 heavy (non-hydrogen) atoms. The Morgan fingerprint density at radius 3 is 2.59 bits per heavy atom. The topological polar surface area (TPSA) is 85.0 Å². The summed E-state index contributed by atoms with van der Waals surface area (Å²) in [6, 6.07) is 8.14. The highest BCUT2D eigenvalue weighted by Gasteiger charge is 2.58. The van der Waals surface area contributed by atoms with Gasteiger partial charge in [0.15, 0.2) is 5.82 Å². The Bertz CT molecular complexity index is 936. The molecule has 0 unspecified atom stereocenters. The Kier molecular flexibility index (Phi) is 4.75. The minimum Gasteiger partial charge on any atom is -0.374 e. The van der Waals surface area contributed by atoms with Crippen LogP contribution in [-0.4, -0.2) is 36.5 Å². The molecule has 0 fully saturated rings. The Labute approximate surface area is 152 Å². The molecule has 0 aliphatic heterocycles. The van der Waals surface area contributed by atoms with Crippen molar-refractivity contribution in [2.24, 2.45) is 7.05 Å². The molecule has 0 saturated carbocycles. The second-order valence-electron chi connectivity index (χ2n) is 5.95. The number of carbonyl (C=O) groups excluding carboxylic acids is 1. The molecule has 0 bridgehead atoms. The van der Waals surface area contributed by atoms with Crippen molar-refractivity contribution in [3.63, 3.8) is 0 Å². The van der Waals surface area contributed by atoms with Gasteiger partial charge in [0.2, 0.25) is 11.5 Å². The van der Waals surface area contributed by atoms with E-state index in [4.69, 9.17) is 0 Å². The van der Waals surface area contributed by atoms with Gasteiger partial charge in [-0.3, -0.25) is 4.79 Å². The third-order valence-electron chi connectivity index (χ3n) is 3.98. The van der Waals surface area contributed by atoms with Crippen LogP contribution in [0.4, 0.5) is 18.9 Å². The molecule has 1 amide bonds. The van der Waals surface area contributed by atoms with E-state index < -0.39 is 29.9 Å². The predicted molar refractivity (Wildman–Crippen MR) is 90.0 cm³/mol.